The molecule has 3 rings (SSSR count). The normalized spacial score (nSPS) is 20.9. The first-order chi connectivity index (χ1) is 10.0. The summed E-state index contributed by atoms with van der Waals surface area (Å²) in [6, 6.07) is 1.86. The van der Waals surface area contributed by atoms with Crippen LogP contribution in [0.1, 0.15) is 42.4 Å². The predicted molar refractivity (Wildman–Crippen MR) is 77.8 cm³/mol. The monoisotopic (exact) mass is 290 g/mol. The van der Waals surface area contributed by atoms with E-state index >= 15 is 0 Å². The molecule has 0 aliphatic carbocycles. The van der Waals surface area contributed by atoms with Crippen molar-refractivity contribution in [3.05, 3.63) is 17.5 Å². The number of aromatic nitrogens is 2. The summed E-state index contributed by atoms with van der Waals surface area (Å²) in [5.74, 6) is 0.207. The summed E-state index contributed by atoms with van der Waals surface area (Å²) in [4.78, 5) is 26.0. The first-order valence-electron chi connectivity index (χ1n) is 7.63. The van der Waals surface area contributed by atoms with Crippen LogP contribution >= 0.6 is 0 Å². The number of amides is 2. The van der Waals surface area contributed by atoms with Crippen molar-refractivity contribution in [3.63, 3.8) is 0 Å². The van der Waals surface area contributed by atoms with Crippen molar-refractivity contribution in [3.8, 4) is 0 Å². The number of nitrogens with one attached hydrogen (secondary N) is 1. The summed E-state index contributed by atoms with van der Waals surface area (Å²) >= 11 is 0. The average molecular weight is 290 g/mol. The van der Waals surface area contributed by atoms with Gasteiger partial charge in [-0.05, 0) is 38.2 Å². The fourth-order valence-corrected chi connectivity index (χ4v) is 3.41. The molecule has 2 aliphatic heterocycles. The molecule has 0 atom stereocenters. The van der Waals surface area contributed by atoms with Gasteiger partial charge in [0.05, 0.1) is 5.69 Å². The van der Waals surface area contributed by atoms with Crippen LogP contribution in [-0.4, -0.2) is 46.1 Å². The van der Waals surface area contributed by atoms with Gasteiger partial charge in [-0.15, -0.1) is 0 Å². The Balaban J connectivity index is 1.69. The molecule has 0 bridgehead atoms. The maximum absolute atomic E-state index is 12.6. The fourth-order valence-electron chi connectivity index (χ4n) is 3.41. The SMILES string of the molecule is CCn1nc(C)cc1C(=O)N1CCC2(CC1)CNC(=O)C2. The molecule has 21 heavy (non-hydrogen) atoms. The molecule has 0 radical (unpaired) electrons. The van der Waals surface area contributed by atoms with E-state index in [4.69, 9.17) is 0 Å². The largest absolute Gasteiger partial charge is 0.356 e. The van der Waals surface area contributed by atoms with Crippen LogP contribution in [0.2, 0.25) is 0 Å². The van der Waals surface area contributed by atoms with Gasteiger partial charge in [0.2, 0.25) is 5.91 Å². The van der Waals surface area contributed by atoms with E-state index in [9.17, 15) is 9.59 Å². The van der Waals surface area contributed by atoms with E-state index in [1.165, 1.54) is 0 Å². The zero-order valence-corrected chi connectivity index (χ0v) is 12.7. The van der Waals surface area contributed by atoms with Gasteiger partial charge in [0.25, 0.3) is 5.91 Å². The lowest BCUT2D eigenvalue weighted by molar-refractivity contribution is -0.119. The van der Waals surface area contributed by atoms with Gasteiger partial charge in [-0.2, -0.15) is 5.10 Å². The van der Waals surface area contributed by atoms with E-state index in [2.05, 4.69) is 10.4 Å². The molecule has 1 aromatic rings. The molecule has 6 nitrogen and oxygen atoms in total. The molecule has 6 heteroatoms. The van der Waals surface area contributed by atoms with Crippen molar-refractivity contribution in [2.45, 2.75) is 39.7 Å². The van der Waals surface area contributed by atoms with Crippen molar-refractivity contribution in [2.24, 2.45) is 5.41 Å². The summed E-state index contributed by atoms with van der Waals surface area (Å²) in [6.07, 6.45) is 2.41. The lowest BCUT2D eigenvalue weighted by Gasteiger charge is -2.38. The van der Waals surface area contributed by atoms with Gasteiger partial charge in [-0.1, -0.05) is 0 Å². The zero-order chi connectivity index (χ0) is 15.0. The minimum atomic E-state index is 0.0598. The van der Waals surface area contributed by atoms with E-state index in [-0.39, 0.29) is 17.2 Å². The van der Waals surface area contributed by atoms with Crippen molar-refractivity contribution in [1.29, 1.82) is 0 Å². The highest BCUT2D eigenvalue weighted by Crippen LogP contribution is 2.37. The second-order valence-corrected chi connectivity index (χ2v) is 6.23. The Bertz CT molecular complexity index is 570. The van der Waals surface area contributed by atoms with Crippen LogP contribution in [0.25, 0.3) is 0 Å². The van der Waals surface area contributed by atoms with Crippen LogP contribution in [0.15, 0.2) is 6.07 Å². The summed E-state index contributed by atoms with van der Waals surface area (Å²) in [6.45, 7) is 6.81. The molecule has 3 heterocycles. The van der Waals surface area contributed by atoms with Gasteiger partial charge in [0.15, 0.2) is 0 Å². The number of aryl methyl sites for hydroxylation is 2. The van der Waals surface area contributed by atoms with Gasteiger partial charge in [-0.3, -0.25) is 14.3 Å². The number of hydrogen-bond donors (Lipinski definition) is 1. The molecule has 2 aliphatic rings. The molecule has 1 aromatic heterocycles. The Kier molecular flexibility index (Phi) is 3.47. The standard InChI is InChI=1S/C15H22N4O2/c1-3-19-12(8-11(2)17-19)14(21)18-6-4-15(5-7-18)9-13(20)16-10-15/h8H,3-7,9-10H2,1-2H3,(H,16,20). The molecule has 2 saturated heterocycles. The minimum absolute atomic E-state index is 0.0598. The maximum Gasteiger partial charge on any atom is 0.272 e. The summed E-state index contributed by atoms with van der Waals surface area (Å²) in [7, 11) is 0. The summed E-state index contributed by atoms with van der Waals surface area (Å²) in [5, 5.41) is 7.26. The van der Waals surface area contributed by atoms with E-state index in [0.29, 0.717) is 18.7 Å². The van der Waals surface area contributed by atoms with Crippen LogP contribution in [0, 0.1) is 12.3 Å². The molecule has 1 spiro atoms. The lowest BCUT2D eigenvalue weighted by Crippen LogP contribution is -2.44. The Morgan fingerprint density at radius 1 is 1.43 bits per heavy atom. The van der Waals surface area contributed by atoms with Crippen LogP contribution in [-0.2, 0) is 11.3 Å². The average Bonchev–Trinajstić information content (AvgIpc) is 3.02. The van der Waals surface area contributed by atoms with E-state index < -0.39 is 0 Å². The number of nitrogens with zero attached hydrogens (tertiary/aromatic N) is 3. The third-order valence-electron chi connectivity index (χ3n) is 4.73. The Morgan fingerprint density at radius 2 is 2.14 bits per heavy atom. The van der Waals surface area contributed by atoms with E-state index in [1.54, 1.807) is 4.68 Å². The smallest absolute Gasteiger partial charge is 0.272 e. The highest BCUT2D eigenvalue weighted by molar-refractivity contribution is 5.92. The third kappa shape index (κ3) is 2.54. The summed E-state index contributed by atoms with van der Waals surface area (Å²) in [5.41, 5.74) is 1.63. The van der Waals surface area contributed by atoms with Gasteiger partial charge >= 0.3 is 0 Å². The molecular formula is C15H22N4O2. The first-order valence-corrected chi connectivity index (χ1v) is 7.63. The Morgan fingerprint density at radius 3 is 2.71 bits per heavy atom. The lowest BCUT2D eigenvalue weighted by atomic mass is 9.77. The predicted octanol–water partition coefficient (Wildman–Crippen LogP) is 0.954. The molecule has 0 saturated carbocycles. The van der Waals surface area contributed by atoms with Crippen LogP contribution < -0.4 is 5.32 Å². The highest BCUT2D eigenvalue weighted by Gasteiger charge is 2.41. The van der Waals surface area contributed by atoms with Gasteiger partial charge in [0.1, 0.15) is 5.69 Å². The number of piperidine rings is 1. The number of carbonyl (C=O) groups is 2. The number of carbonyl (C=O) groups excluding carboxylic acids is 2. The molecular weight excluding hydrogens is 268 g/mol. The van der Waals surface area contributed by atoms with Gasteiger partial charge in [-0.25, -0.2) is 0 Å². The Hall–Kier alpha value is -1.85. The van der Waals surface area contributed by atoms with Crippen molar-refractivity contribution in [1.82, 2.24) is 20.0 Å². The molecule has 114 valence electrons. The van der Waals surface area contributed by atoms with Gasteiger partial charge < -0.3 is 10.2 Å². The second kappa shape index (κ2) is 5.16. The molecule has 0 aromatic carbocycles. The fraction of sp³-hybridized carbons (Fsp3) is 0.667. The van der Waals surface area contributed by atoms with E-state index in [0.717, 1.165) is 38.2 Å². The highest BCUT2D eigenvalue weighted by atomic mass is 16.2. The number of rotatable bonds is 2. The van der Waals surface area contributed by atoms with Gasteiger partial charge in [0, 0.05) is 32.6 Å². The third-order valence-corrected chi connectivity index (χ3v) is 4.73. The quantitative estimate of drug-likeness (QED) is 0.882. The number of hydrogen-bond acceptors (Lipinski definition) is 3. The van der Waals surface area contributed by atoms with Crippen LogP contribution in [0.4, 0.5) is 0 Å². The van der Waals surface area contributed by atoms with E-state index in [1.807, 2.05) is 24.8 Å². The minimum Gasteiger partial charge on any atom is -0.356 e. The molecule has 1 N–H and O–H groups in total. The van der Waals surface area contributed by atoms with Crippen molar-refractivity contribution >= 4 is 11.8 Å². The summed E-state index contributed by atoms with van der Waals surface area (Å²) < 4.78 is 1.77. The van der Waals surface area contributed by atoms with Crippen molar-refractivity contribution in [2.75, 3.05) is 19.6 Å². The second-order valence-electron chi connectivity index (χ2n) is 6.23. The van der Waals surface area contributed by atoms with Crippen LogP contribution in [0.5, 0.6) is 0 Å². The first kappa shape index (κ1) is 14.1. The maximum atomic E-state index is 12.6. The molecule has 2 fully saturated rings. The topological polar surface area (TPSA) is 67.2 Å². The molecule has 2 amide bonds. The number of likely N-dealkylation sites (tertiary alicyclic amines) is 1. The van der Waals surface area contributed by atoms with Crippen LogP contribution in [0.3, 0.4) is 0 Å². The molecule has 0 unspecified atom stereocenters. The van der Waals surface area contributed by atoms with Crippen molar-refractivity contribution < 1.29 is 9.59 Å². The Labute approximate surface area is 124 Å². The zero-order valence-electron chi connectivity index (χ0n) is 12.7.